The zero-order valence-electron chi connectivity index (χ0n) is 27.5. The smallest absolute Gasteiger partial charge is 0.00141 e. The Morgan fingerprint density at radius 3 is 0.960 bits per heavy atom. The van der Waals surface area contributed by atoms with Crippen LogP contribution < -0.4 is 0 Å². The highest BCUT2D eigenvalue weighted by atomic mass is 14.2. The molecule has 0 amide bonds. The molecule has 0 fully saturated rings. The van der Waals surface area contributed by atoms with Gasteiger partial charge in [0, 0.05) is 0 Å². The minimum atomic E-state index is 1.22. The quantitative estimate of drug-likeness (QED) is 0.134. The summed E-state index contributed by atoms with van der Waals surface area (Å²) in [5.74, 6) is 0. The Kier molecular flexibility index (Phi) is 6.60. The van der Waals surface area contributed by atoms with Gasteiger partial charge in [-0.3, -0.25) is 0 Å². The molecule has 0 aromatic heterocycles. The second kappa shape index (κ2) is 11.6. The van der Waals surface area contributed by atoms with Crippen molar-refractivity contribution in [1.29, 1.82) is 0 Å². The van der Waals surface area contributed by atoms with Gasteiger partial charge < -0.3 is 0 Å². The molecule has 0 atom stereocenters. The minimum absolute atomic E-state index is 1.22. The molecule has 10 rings (SSSR count). The van der Waals surface area contributed by atoms with E-state index in [1.165, 1.54) is 98.4 Å². The molecule has 10 aromatic rings. The summed E-state index contributed by atoms with van der Waals surface area (Å²) in [4.78, 5) is 0. The third kappa shape index (κ3) is 4.39. The zero-order chi connectivity index (χ0) is 33.0. The summed E-state index contributed by atoms with van der Waals surface area (Å²) in [7, 11) is 0. The van der Waals surface area contributed by atoms with Gasteiger partial charge in [0.15, 0.2) is 0 Å². The van der Waals surface area contributed by atoms with Crippen molar-refractivity contribution < 1.29 is 0 Å². The number of rotatable bonds is 4. The molecule has 0 heterocycles. The lowest BCUT2D eigenvalue weighted by atomic mass is 9.83. The Balaban J connectivity index is 1.24. The summed E-state index contributed by atoms with van der Waals surface area (Å²) < 4.78 is 0. The van der Waals surface area contributed by atoms with Gasteiger partial charge in [0.05, 0.1) is 0 Å². The molecule has 0 aliphatic carbocycles. The predicted molar refractivity (Wildman–Crippen MR) is 216 cm³/mol. The van der Waals surface area contributed by atoms with E-state index in [1.54, 1.807) is 0 Å². The fourth-order valence-corrected chi connectivity index (χ4v) is 8.32. The summed E-state index contributed by atoms with van der Waals surface area (Å²) in [6.45, 7) is 0. The van der Waals surface area contributed by atoms with Gasteiger partial charge in [-0.2, -0.15) is 0 Å². The van der Waals surface area contributed by atoms with Crippen LogP contribution in [-0.4, -0.2) is 0 Å². The number of benzene rings is 10. The Morgan fingerprint density at radius 1 is 0.180 bits per heavy atom. The van der Waals surface area contributed by atoms with Crippen molar-refractivity contribution in [1.82, 2.24) is 0 Å². The second-order valence-electron chi connectivity index (χ2n) is 13.2. The van der Waals surface area contributed by atoms with Crippen LogP contribution in [0.25, 0.3) is 98.4 Å². The van der Waals surface area contributed by atoms with E-state index in [9.17, 15) is 0 Å². The van der Waals surface area contributed by atoms with Crippen LogP contribution in [0.5, 0.6) is 0 Å². The fourth-order valence-electron chi connectivity index (χ4n) is 8.32. The fraction of sp³-hybridized carbons (Fsp3) is 0. The summed E-state index contributed by atoms with van der Waals surface area (Å²) in [5, 5.41) is 12.8. The molecule has 0 aliphatic rings. The summed E-state index contributed by atoms with van der Waals surface area (Å²) in [5.41, 5.74) is 10.1. The highest BCUT2D eigenvalue weighted by Crippen LogP contribution is 2.47. The maximum atomic E-state index is 2.34. The number of hydrogen-bond donors (Lipinski definition) is 0. The van der Waals surface area contributed by atoms with E-state index in [4.69, 9.17) is 0 Å². The monoisotopic (exact) mass is 632 g/mol. The summed E-state index contributed by atoms with van der Waals surface area (Å²) in [6.07, 6.45) is 0. The molecule has 0 bridgehead atoms. The van der Waals surface area contributed by atoms with Gasteiger partial charge in [0.1, 0.15) is 0 Å². The highest BCUT2D eigenvalue weighted by Gasteiger charge is 2.20. The maximum Gasteiger partial charge on any atom is -0.00141 e. The van der Waals surface area contributed by atoms with Crippen LogP contribution in [0.3, 0.4) is 0 Å². The third-order valence-electron chi connectivity index (χ3n) is 10.4. The van der Waals surface area contributed by atoms with Crippen molar-refractivity contribution in [3.05, 3.63) is 194 Å². The van der Waals surface area contributed by atoms with Crippen molar-refractivity contribution in [2.75, 3.05) is 0 Å². The Morgan fingerprint density at radius 2 is 0.500 bits per heavy atom. The standard InChI is InChI=1S/C50H32/c1-3-16-34(17-4-1)46-39-21-9-11-23-41(39)47(42-24-12-10-22-40(42)46)36-27-29-37(30-28-36)48-43-25-13-14-26-44(43)49(35-18-5-2-6-19-35)50-38-20-8-7-15-33(38)31-32-45(48)50/h1-32H. The van der Waals surface area contributed by atoms with E-state index < -0.39 is 0 Å². The average Bonchev–Trinajstić information content (AvgIpc) is 3.19. The summed E-state index contributed by atoms with van der Waals surface area (Å²) in [6, 6.07) is 71.2. The Hall–Kier alpha value is -6.50. The largest absolute Gasteiger partial charge is 0.0622 e. The molecule has 0 spiro atoms. The van der Waals surface area contributed by atoms with E-state index in [-0.39, 0.29) is 0 Å². The lowest BCUT2D eigenvalue weighted by Gasteiger charge is -2.20. The molecule has 0 nitrogen and oxygen atoms in total. The predicted octanol–water partition coefficient (Wildman–Crippen LogP) is 14.1. The van der Waals surface area contributed by atoms with Gasteiger partial charge in [-0.05, 0) is 98.4 Å². The van der Waals surface area contributed by atoms with Gasteiger partial charge in [-0.25, -0.2) is 0 Å². The van der Waals surface area contributed by atoms with E-state index in [2.05, 4.69) is 194 Å². The van der Waals surface area contributed by atoms with Crippen molar-refractivity contribution in [2.45, 2.75) is 0 Å². The van der Waals surface area contributed by atoms with Crippen molar-refractivity contribution in [2.24, 2.45) is 0 Å². The van der Waals surface area contributed by atoms with E-state index in [0.717, 1.165) is 0 Å². The lowest BCUT2D eigenvalue weighted by molar-refractivity contribution is 1.64. The Bertz CT molecular complexity index is 2820. The molecule has 0 saturated heterocycles. The second-order valence-corrected chi connectivity index (χ2v) is 13.2. The first-order valence-electron chi connectivity index (χ1n) is 17.4. The molecule has 0 unspecified atom stereocenters. The van der Waals surface area contributed by atoms with Crippen LogP contribution in [-0.2, 0) is 0 Å². The van der Waals surface area contributed by atoms with Crippen LogP contribution in [0, 0.1) is 0 Å². The first kappa shape index (κ1) is 28.5. The van der Waals surface area contributed by atoms with E-state index in [1.807, 2.05) is 0 Å². The first-order valence-corrected chi connectivity index (χ1v) is 17.4. The summed E-state index contributed by atoms with van der Waals surface area (Å²) >= 11 is 0. The molecule has 0 heteroatoms. The van der Waals surface area contributed by atoms with Gasteiger partial charge in [0.25, 0.3) is 0 Å². The topological polar surface area (TPSA) is 0 Å². The zero-order valence-corrected chi connectivity index (χ0v) is 27.5. The van der Waals surface area contributed by atoms with E-state index >= 15 is 0 Å². The van der Waals surface area contributed by atoms with Crippen LogP contribution in [0.1, 0.15) is 0 Å². The van der Waals surface area contributed by atoms with Gasteiger partial charge >= 0.3 is 0 Å². The van der Waals surface area contributed by atoms with Gasteiger partial charge in [-0.15, -0.1) is 0 Å². The van der Waals surface area contributed by atoms with Crippen LogP contribution in [0.4, 0.5) is 0 Å². The molecule has 0 radical (unpaired) electrons. The molecule has 0 N–H and O–H groups in total. The van der Waals surface area contributed by atoms with Crippen LogP contribution >= 0.6 is 0 Å². The number of hydrogen-bond acceptors (Lipinski definition) is 0. The molecule has 0 saturated carbocycles. The van der Waals surface area contributed by atoms with Gasteiger partial charge in [0.2, 0.25) is 0 Å². The van der Waals surface area contributed by atoms with Crippen LogP contribution in [0.15, 0.2) is 194 Å². The molecular formula is C50H32. The third-order valence-corrected chi connectivity index (χ3v) is 10.4. The SMILES string of the molecule is c1ccc(-c2c3ccccc3c(-c3ccc(-c4c5ccccc5c(-c5ccccc5)c5c4ccc4ccccc45)cc3)c3ccccc23)cc1. The molecule has 10 aromatic carbocycles. The molecular weight excluding hydrogens is 601 g/mol. The lowest BCUT2D eigenvalue weighted by Crippen LogP contribution is -1.93. The molecule has 232 valence electrons. The Labute approximate surface area is 291 Å². The number of fused-ring (bicyclic) bond motifs is 6. The van der Waals surface area contributed by atoms with Crippen molar-refractivity contribution in [3.8, 4) is 44.5 Å². The minimum Gasteiger partial charge on any atom is -0.0622 e. The highest BCUT2D eigenvalue weighted by molar-refractivity contribution is 6.28. The van der Waals surface area contributed by atoms with E-state index in [0.29, 0.717) is 0 Å². The maximum absolute atomic E-state index is 2.34. The first-order chi connectivity index (χ1) is 24.8. The van der Waals surface area contributed by atoms with Crippen molar-refractivity contribution >= 4 is 53.9 Å². The van der Waals surface area contributed by atoms with Crippen molar-refractivity contribution in [3.63, 3.8) is 0 Å². The van der Waals surface area contributed by atoms with Gasteiger partial charge in [-0.1, -0.05) is 194 Å². The van der Waals surface area contributed by atoms with Crippen LogP contribution in [0.2, 0.25) is 0 Å². The average molecular weight is 633 g/mol. The normalized spacial score (nSPS) is 11.6. The molecule has 50 heavy (non-hydrogen) atoms. The molecule has 0 aliphatic heterocycles.